The molecule has 1 aliphatic heterocycles. The molecule has 1 aliphatic carbocycles. The predicted octanol–water partition coefficient (Wildman–Crippen LogP) is -2.33. The van der Waals surface area contributed by atoms with Crippen molar-refractivity contribution >= 4 is 0 Å². The van der Waals surface area contributed by atoms with Gasteiger partial charge < -0.3 is 29.6 Å². The first-order chi connectivity index (χ1) is 6.93. The molecule has 1 fully saturated rings. The van der Waals surface area contributed by atoms with Crippen molar-refractivity contribution in [3.8, 4) is 0 Å². The van der Waals surface area contributed by atoms with Crippen LogP contribution in [-0.4, -0.2) is 13.2 Å². The van der Waals surface area contributed by atoms with Crippen molar-refractivity contribution < 1.29 is 51.3 Å². The number of hydrogen-bond acceptors (Lipinski definition) is 1. The quantitative estimate of drug-likeness (QED) is 0.420. The van der Waals surface area contributed by atoms with Crippen LogP contribution in [0.15, 0.2) is 17.7 Å². The van der Waals surface area contributed by atoms with Crippen molar-refractivity contribution in [2.75, 3.05) is 13.2 Å². The van der Waals surface area contributed by atoms with E-state index in [0.29, 0.717) is 0 Å². The molecule has 0 atom stereocenters. The monoisotopic (exact) mass is 311 g/mol. The van der Waals surface area contributed by atoms with Gasteiger partial charge in [0.25, 0.3) is 0 Å². The molecule has 0 N–H and O–H groups in total. The Morgan fingerprint density at radius 3 is 2.24 bits per heavy atom. The van der Waals surface area contributed by atoms with Gasteiger partial charge in [0.05, 0.1) is 0 Å². The minimum absolute atomic E-state index is 0. The summed E-state index contributed by atoms with van der Waals surface area (Å²) < 4.78 is 4.94. The zero-order valence-electron chi connectivity index (χ0n) is 10.5. The first-order valence-electron chi connectivity index (χ1n) is 5.77. The van der Waals surface area contributed by atoms with Gasteiger partial charge in [0.15, 0.2) is 0 Å². The van der Waals surface area contributed by atoms with Crippen LogP contribution in [0.3, 0.4) is 0 Å². The summed E-state index contributed by atoms with van der Waals surface area (Å²) in [7, 11) is 0. The summed E-state index contributed by atoms with van der Waals surface area (Å²) in [4.78, 5) is 0. The summed E-state index contributed by atoms with van der Waals surface area (Å²) >= 11 is 0. The molecule has 1 saturated heterocycles. The number of rotatable bonds is 3. The molecule has 0 aromatic rings. The Morgan fingerprint density at radius 2 is 1.88 bits per heavy atom. The second-order valence-corrected chi connectivity index (χ2v) is 3.73. The van der Waals surface area contributed by atoms with E-state index in [0.717, 1.165) is 19.6 Å². The minimum atomic E-state index is 0. The number of halogens is 2. The average Bonchev–Trinajstić information content (AvgIpc) is 2.90. The standard InChI is InChI=1S/C9H13.C4H8O.2ClH.Ti/c1-2-3-6-9-7-4-5-8-9;1-2-4-5-3-1;;;/h4,7H,2-3,5-6H2,1H3;1-4H2;2*1H;/q-1;;;;+3/p-2. The fraction of sp³-hybridized carbons (Fsp3) is 0.692. The van der Waals surface area contributed by atoms with Gasteiger partial charge in [0.2, 0.25) is 0 Å². The van der Waals surface area contributed by atoms with E-state index in [-0.39, 0.29) is 46.5 Å². The van der Waals surface area contributed by atoms with E-state index >= 15 is 0 Å². The summed E-state index contributed by atoms with van der Waals surface area (Å²) in [6, 6.07) is 0. The van der Waals surface area contributed by atoms with Gasteiger partial charge in [-0.05, 0) is 12.8 Å². The minimum Gasteiger partial charge on any atom is -1.00 e. The van der Waals surface area contributed by atoms with Crippen molar-refractivity contribution in [3.05, 3.63) is 23.8 Å². The molecule has 2 rings (SSSR count). The van der Waals surface area contributed by atoms with Gasteiger partial charge >= 0.3 is 21.7 Å². The summed E-state index contributed by atoms with van der Waals surface area (Å²) in [5.41, 5.74) is 1.41. The van der Waals surface area contributed by atoms with Gasteiger partial charge in [0.1, 0.15) is 0 Å². The smallest absolute Gasteiger partial charge is 1.00 e. The van der Waals surface area contributed by atoms with Gasteiger partial charge in [-0.25, -0.2) is 11.6 Å². The van der Waals surface area contributed by atoms with E-state index in [1.165, 1.54) is 37.7 Å². The van der Waals surface area contributed by atoms with Gasteiger partial charge in [-0.2, -0.15) is 6.08 Å². The Labute approximate surface area is 133 Å². The largest absolute Gasteiger partial charge is 3.00 e. The van der Waals surface area contributed by atoms with Gasteiger partial charge in [-0.1, -0.05) is 26.2 Å². The Balaban J connectivity index is -0.000000216. The normalized spacial score (nSPS) is 15.7. The van der Waals surface area contributed by atoms with E-state index in [9.17, 15) is 0 Å². The molecule has 0 amide bonds. The summed E-state index contributed by atoms with van der Waals surface area (Å²) in [6.07, 6.45) is 15.1. The molecule has 0 spiro atoms. The molecule has 1 radical (unpaired) electrons. The number of ether oxygens (including phenoxy) is 1. The maximum absolute atomic E-state index is 4.94. The second kappa shape index (κ2) is 16.7. The van der Waals surface area contributed by atoms with Crippen molar-refractivity contribution in [3.63, 3.8) is 0 Å². The van der Waals surface area contributed by atoms with Crippen molar-refractivity contribution in [1.29, 1.82) is 0 Å². The van der Waals surface area contributed by atoms with E-state index in [4.69, 9.17) is 4.74 Å². The van der Waals surface area contributed by atoms with E-state index < -0.39 is 0 Å². The van der Waals surface area contributed by atoms with Crippen LogP contribution in [0, 0.1) is 6.08 Å². The third-order valence-corrected chi connectivity index (χ3v) is 2.39. The molecule has 17 heavy (non-hydrogen) atoms. The van der Waals surface area contributed by atoms with Crippen LogP contribution in [0.5, 0.6) is 0 Å². The summed E-state index contributed by atoms with van der Waals surface area (Å²) in [5.74, 6) is 0. The number of hydrogen-bond donors (Lipinski definition) is 0. The Kier molecular flexibility index (Phi) is 22.5. The Morgan fingerprint density at radius 1 is 1.24 bits per heavy atom. The average molecular weight is 312 g/mol. The summed E-state index contributed by atoms with van der Waals surface area (Å²) in [5, 5.41) is 0. The molecule has 0 saturated carbocycles. The van der Waals surface area contributed by atoms with Crippen LogP contribution in [-0.2, 0) is 26.5 Å². The molecule has 2 aliphatic rings. The van der Waals surface area contributed by atoms with Crippen molar-refractivity contribution in [1.82, 2.24) is 0 Å². The molecule has 0 unspecified atom stereocenters. The third kappa shape index (κ3) is 13.0. The van der Waals surface area contributed by atoms with Crippen LogP contribution >= 0.6 is 0 Å². The molecule has 4 heteroatoms. The molecule has 0 aromatic carbocycles. The van der Waals surface area contributed by atoms with Crippen LogP contribution in [0.2, 0.25) is 0 Å². The van der Waals surface area contributed by atoms with Crippen LogP contribution in [0.4, 0.5) is 0 Å². The van der Waals surface area contributed by atoms with Crippen LogP contribution in [0.25, 0.3) is 0 Å². The molecule has 1 heterocycles. The van der Waals surface area contributed by atoms with Crippen LogP contribution < -0.4 is 24.8 Å². The SMILES string of the molecule is C1CCOC1.CCCCC1=[C-]CC=C1.[Cl-].[Cl-].[Ti+3]. The van der Waals surface area contributed by atoms with E-state index in [2.05, 4.69) is 25.2 Å². The molecule has 0 aromatic heterocycles. The van der Waals surface area contributed by atoms with Crippen molar-refractivity contribution in [2.24, 2.45) is 0 Å². The predicted molar refractivity (Wildman–Crippen MR) is 60.1 cm³/mol. The Hall–Kier alpha value is 0.734. The fourth-order valence-corrected chi connectivity index (χ4v) is 1.50. The number of allylic oxidation sites excluding steroid dienone is 4. The molecular formula is C13H21Cl2OTi. The zero-order valence-corrected chi connectivity index (χ0v) is 13.5. The van der Waals surface area contributed by atoms with Gasteiger partial charge in [0, 0.05) is 13.2 Å². The zero-order chi connectivity index (χ0) is 10.1. The van der Waals surface area contributed by atoms with Gasteiger partial charge in [-0.3, -0.25) is 6.08 Å². The first-order valence-corrected chi connectivity index (χ1v) is 5.77. The topological polar surface area (TPSA) is 9.23 Å². The third-order valence-electron chi connectivity index (χ3n) is 2.39. The van der Waals surface area contributed by atoms with E-state index in [1.807, 2.05) is 0 Å². The molecule has 0 bridgehead atoms. The maximum atomic E-state index is 4.94. The second-order valence-electron chi connectivity index (χ2n) is 3.73. The molecule has 97 valence electrons. The first kappa shape index (κ1) is 22.9. The Bertz CT molecular complexity index is 194. The molecular weight excluding hydrogens is 291 g/mol. The van der Waals surface area contributed by atoms with Gasteiger partial charge in [-0.15, -0.1) is 6.42 Å². The van der Waals surface area contributed by atoms with E-state index in [1.54, 1.807) is 0 Å². The number of unbranched alkanes of at least 4 members (excludes halogenated alkanes) is 1. The van der Waals surface area contributed by atoms with Crippen molar-refractivity contribution in [2.45, 2.75) is 45.4 Å². The maximum Gasteiger partial charge on any atom is 3.00 e. The summed E-state index contributed by atoms with van der Waals surface area (Å²) in [6.45, 7) is 4.22. The fourth-order valence-electron chi connectivity index (χ4n) is 1.50. The van der Waals surface area contributed by atoms with Crippen LogP contribution in [0.1, 0.15) is 45.4 Å². The molecule has 1 nitrogen and oxygen atoms in total.